The lowest BCUT2D eigenvalue weighted by atomic mass is 10.1. The molecule has 0 saturated carbocycles. The van der Waals surface area contributed by atoms with Crippen molar-refractivity contribution in [1.82, 2.24) is 5.32 Å². The van der Waals surface area contributed by atoms with Crippen LogP contribution in [0.3, 0.4) is 0 Å². The third-order valence-corrected chi connectivity index (χ3v) is 5.51. The van der Waals surface area contributed by atoms with Crippen LogP contribution in [0.15, 0.2) is 53.4 Å². The Kier molecular flexibility index (Phi) is 5.44. The van der Waals surface area contributed by atoms with E-state index in [0.29, 0.717) is 16.3 Å². The molecule has 5 nitrogen and oxygen atoms in total. The Bertz CT molecular complexity index is 855. The maximum atomic E-state index is 12.7. The quantitative estimate of drug-likeness (QED) is 0.879. The van der Waals surface area contributed by atoms with Crippen LogP contribution >= 0.6 is 11.6 Å². The average Bonchev–Trinajstić information content (AvgIpc) is 2.53. The monoisotopic (exact) mass is 380 g/mol. The Morgan fingerprint density at radius 1 is 1.00 bits per heavy atom. The number of nitrogens with one attached hydrogen (secondary N) is 1. The minimum Gasteiger partial charge on any atom is -0.347 e. The lowest BCUT2D eigenvalue weighted by molar-refractivity contribution is 0.0919. The van der Waals surface area contributed by atoms with Crippen molar-refractivity contribution in [3.63, 3.8) is 0 Å². The first-order valence-electron chi connectivity index (χ1n) is 7.68. The van der Waals surface area contributed by atoms with Crippen LogP contribution in [0, 0.1) is 0 Å². The van der Waals surface area contributed by atoms with Gasteiger partial charge in [0, 0.05) is 23.2 Å². The fourth-order valence-corrected chi connectivity index (χ4v) is 3.46. The maximum absolute atomic E-state index is 12.7. The average molecular weight is 381 g/mol. The fraction of sp³-hybridized carbons (Fsp3) is 0.278. The molecule has 2 aromatic carbocycles. The highest BCUT2D eigenvalue weighted by Crippen LogP contribution is 2.23. The molecule has 134 valence electrons. The number of sulfonamides is 1. The molecule has 0 aromatic heterocycles. The maximum Gasteiger partial charge on any atom is 0.264 e. The minimum absolute atomic E-state index is 0.147. The summed E-state index contributed by atoms with van der Waals surface area (Å²) in [4.78, 5) is 12.3. The topological polar surface area (TPSA) is 66.5 Å². The molecule has 7 heteroatoms. The Labute approximate surface area is 153 Å². The van der Waals surface area contributed by atoms with Gasteiger partial charge in [-0.15, -0.1) is 0 Å². The van der Waals surface area contributed by atoms with E-state index in [-0.39, 0.29) is 16.3 Å². The standard InChI is InChI=1S/C18H21ClN2O3S/c1-18(2,3)20-17(22)13-5-9-15(10-6-13)21(4)25(23,24)16-11-7-14(19)8-12-16/h5-12H,1-4H3,(H,20,22). The molecule has 0 aliphatic heterocycles. The smallest absolute Gasteiger partial charge is 0.264 e. The van der Waals surface area contributed by atoms with Crippen molar-refractivity contribution in [2.75, 3.05) is 11.4 Å². The molecule has 0 bridgehead atoms. The molecular weight excluding hydrogens is 360 g/mol. The number of carbonyl (C=O) groups excluding carboxylic acids is 1. The molecule has 2 rings (SSSR count). The number of carbonyl (C=O) groups is 1. The van der Waals surface area contributed by atoms with E-state index in [1.165, 1.54) is 35.6 Å². The summed E-state index contributed by atoms with van der Waals surface area (Å²) in [6, 6.07) is 12.4. The zero-order chi connectivity index (χ0) is 18.8. The van der Waals surface area contributed by atoms with E-state index in [4.69, 9.17) is 11.6 Å². The van der Waals surface area contributed by atoms with Gasteiger partial charge >= 0.3 is 0 Å². The van der Waals surface area contributed by atoms with E-state index < -0.39 is 10.0 Å². The fourth-order valence-electron chi connectivity index (χ4n) is 2.14. The zero-order valence-corrected chi connectivity index (χ0v) is 16.1. The van der Waals surface area contributed by atoms with Gasteiger partial charge in [-0.05, 0) is 69.3 Å². The predicted octanol–water partition coefficient (Wildman–Crippen LogP) is 3.69. The van der Waals surface area contributed by atoms with Crippen molar-refractivity contribution in [2.24, 2.45) is 0 Å². The van der Waals surface area contributed by atoms with Crippen molar-refractivity contribution in [3.05, 3.63) is 59.1 Å². The molecule has 25 heavy (non-hydrogen) atoms. The van der Waals surface area contributed by atoms with Gasteiger partial charge < -0.3 is 5.32 Å². The van der Waals surface area contributed by atoms with Gasteiger partial charge in [0.15, 0.2) is 0 Å². The van der Waals surface area contributed by atoms with Crippen LogP contribution in [0.4, 0.5) is 5.69 Å². The Hall–Kier alpha value is -2.05. The van der Waals surface area contributed by atoms with E-state index in [1.807, 2.05) is 20.8 Å². The summed E-state index contributed by atoms with van der Waals surface area (Å²) in [5.41, 5.74) is 0.586. The number of benzene rings is 2. The van der Waals surface area contributed by atoms with E-state index in [9.17, 15) is 13.2 Å². The second-order valence-corrected chi connectivity index (χ2v) is 9.08. The second-order valence-electron chi connectivity index (χ2n) is 6.68. The number of halogens is 1. The van der Waals surface area contributed by atoms with Gasteiger partial charge in [-0.25, -0.2) is 8.42 Å². The third-order valence-electron chi connectivity index (χ3n) is 3.45. The highest BCUT2D eigenvalue weighted by molar-refractivity contribution is 7.92. The molecule has 0 radical (unpaired) electrons. The number of nitrogens with zero attached hydrogens (tertiary/aromatic N) is 1. The molecule has 0 spiro atoms. The molecule has 0 atom stereocenters. The molecular formula is C18H21ClN2O3S. The number of anilines is 1. The Balaban J connectivity index is 2.24. The SMILES string of the molecule is CN(c1ccc(C(=O)NC(C)(C)C)cc1)S(=O)(=O)c1ccc(Cl)cc1. The summed E-state index contributed by atoms with van der Waals surface area (Å²) >= 11 is 5.80. The molecule has 2 aromatic rings. The van der Waals surface area contributed by atoms with Gasteiger partial charge in [-0.3, -0.25) is 9.10 Å². The zero-order valence-electron chi connectivity index (χ0n) is 14.6. The first-order valence-corrected chi connectivity index (χ1v) is 9.49. The molecule has 1 amide bonds. The van der Waals surface area contributed by atoms with Gasteiger partial charge in [0.2, 0.25) is 0 Å². The highest BCUT2D eigenvalue weighted by Gasteiger charge is 2.22. The first-order chi connectivity index (χ1) is 11.5. The van der Waals surface area contributed by atoms with Crippen LogP contribution in [0.5, 0.6) is 0 Å². The van der Waals surface area contributed by atoms with Crippen LogP contribution in [0.25, 0.3) is 0 Å². The number of hydrogen-bond donors (Lipinski definition) is 1. The van der Waals surface area contributed by atoms with E-state index in [1.54, 1.807) is 24.3 Å². The van der Waals surface area contributed by atoms with Crippen LogP contribution in [-0.4, -0.2) is 26.9 Å². The molecule has 0 unspecified atom stereocenters. The largest absolute Gasteiger partial charge is 0.347 e. The molecule has 0 aliphatic rings. The molecule has 1 N–H and O–H groups in total. The molecule has 0 fully saturated rings. The summed E-state index contributed by atoms with van der Waals surface area (Å²) in [7, 11) is -2.23. The number of rotatable bonds is 4. The van der Waals surface area contributed by atoms with Crippen LogP contribution in [0.1, 0.15) is 31.1 Å². The van der Waals surface area contributed by atoms with Crippen molar-refractivity contribution < 1.29 is 13.2 Å². The Morgan fingerprint density at radius 3 is 2.00 bits per heavy atom. The van der Waals surface area contributed by atoms with Crippen LogP contribution in [-0.2, 0) is 10.0 Å². The lowest BCUT2D eigenvalue weighted by Crippen LogP contribution is -2.40. The summed E-state index contributed by atoms with van der Waals surface area (Å²) in [6.07, 6.45) is 0. The predicted molar refractivity (Wildman–Crippen MR) is 101 cm³/mol. The van der Waals surface area contributed by atoms with E-state index in [0.717, 1.165) is 0 Å². The molecule has 0 heterocycles. The summed E-state index contributed by atoms with van der Waals surface area (Å²) < 4.78 is 26.5. The third kappa shape index (κ3) is 4.74. The lowest BCUT2D eigenvalue weighted by Gasteiger charge is -2.22. The first kappa shape index (κ1) is 19.3. The second kappa shape index (κ2) is 7.06. The number of amides is 1. The highest BCUT2D eigenvalue weighted by atomic mass is 35.5. The van der Waals surface area contributed by atoms with Gasteiger partial charge in [-0.1, -0.05) is 11.6 Å². The number of hydrogen-bond acceptors (Lipinski definition) is 3. The molecule has 0 aliphatic carbocycles. The van der Waals surface area contributed by atoms with Gasteiger partial charge in [0.1, 0.15) is 0 Å². The Morgan fingerprint density at radius 2 is 1.52 bits per heavy atom. The molecule has 0 saturated heterocycles. The van der Waals surface area contributed by atoms with Crippen LogP contribution < -0.4 is 9.62 Å². The normalized spacial score (nSPS) is 11.9. The van der Waals surface area contributed by atoms with Crippen molar-refractivity contribution >= 4 is 33.2 Å². The summed E-state index contributed by atoms with van der Waals surface area (Å²) in [6.45, 7) is 5.68. The van der Waals surface area contributed by atoms with E-state index >= 15 is 0 Å². The van der Waals surface area contributed by atoms with E-state index in [2.05, 4.69) is 5.32 Å². The van der Waals surface area contributed by atoms with Crippen molar-refractivity contribution in [3.8, 4) is 0 Å². The summed E-state index contributed by atoms with van der Waals surface area (Å²) in [5, 5.41) is 3.33. The summed E-state index contributed by atoms with van der Waals surface area (Å²) in [5.74, 6) is -0.206. The van der Waals surface area contributed by atoms with Gasteiger partial charge in [-0.2, -0.15) is 0 Å². The van der Waals surface area contributed by atoms with Gasteiger partial charge in [0.05, 0.1) is 10.6 Å². The van der Waals surface area contributed by atoms with Crippen molar-refractivity contribution in [2.45, 2.75) is 31.2 Å². The van der Waals surface area contributed by atoms with Crippen LogP contribution in [0.2, 0.25) is 5.02 Å². The van der Waals surface area contributed by atoms with Crippen molar-refractivity contribution in [1.29, 1.82) is 0 Å². The minimum atomic E-state index is -3.70. The van der Waals surface area contributed by atoms with Gasteiger partial charge in [0.25, 0.3) is 15.9 Å².